The normalized spacial score (nSPS) is 29.2. The van der Waals surface area contributed by atoms with Crippen molar-refractivity contribution >= 4 is 22.7 Å². The van der Waals surface area contributed by atoms with Crippen molar-refractivity contribution in [1.29, 1.82) is 0 Å². The molecule has 2 amide bonds. The first-order valence-corrected chi connectivity index (χ1v) is 9.08. The standard InChI is InChI=1S/C22H19N3O4/c1-24-10-19(26)25-16(22(24)27)9-14-13-4-2-3-5-15(13)23-20(14)21(25)12-6-7-17-18(8-12)29-11-28-17/h2-8,16,21,23H,9-11H2,1H3/t16-,21?/m1/s1/i1D3,6D,7D,8D,16D. The number of hydrogen-bond acceptors (Lipinski definition) is 4. The number of para-hydroxylation sites is 1. The molecule has 0 aliphatic carbocycles. The first kappa shape index (κ1) is 10.9. The first-order chi connectivity index (χ1) is 16.9. The molecule has 1 saturated heterocycles. The summed E-state index contributed by atoms with van der Waals surface area (Å²) >= 11 is 0. The smallest absolute Gasteiger partial charge is 0.245 e. The van der Waals surface area contributed by atoms with Gasteiger partial charge in [-0.15, -0.1) is 0 Å². The maximum Gasteiger partial charge on any atom is 0.245 e. The van der Waals surface area contributed by atoms with Crippen molar-refractivity contribution in [3.05, 3.63) is 59.2 Å². The number of carbonyl (C=O) groups excluding carboxylic acids is 2. The summed E-state index contributed by atoms with van der Waals surface area (Å²) in [6.07, 6.45) is -0.293. The third-order valence-electron chi connectivity index (χ3n) is 5.51. The van der Waals surface area contributed by atoms with E-state index in [2.05, 4.69) is 4.98 Å². The van der Waals surface area contributed by atoms with Gasteiger partial charge in [0.15, 0.2) is 11.5 Å². The molecule has 1 N–H and O–H groups in total. The van der Waals surface area contributed by atoms with E-state index in [0.29, 0.717) is 27.1 Å². The number of hydrogen-bond donors (Lipinski definition) is 1. The molecule has 1 unspecified atom stereocenters. The number of H-pyrrole nitrogens is 1. The van der Waals surface area contributed by atoms with Crippen LogP contribution in [0.3, 0.4) is 0 Å². The molecule has 0 saturated carbocycles. The van der Waals surface area contributed by atoms with Gasteiger partial charge in [-0.2, -0.15) is 0 Å². The van der Waals surface area contributed by atoms with Crippen LogP contribution in [0.5, 0.6) is 11.5 Å². The van der Waals surface area contributed by atoms with E-state index >= 15 is 0 Å². The summed E-state index contributed by atoms with van der Waals surface area (Å²) in [5.41, 5.74) is 1.42. The molecule has 3 aromatic rings. The van der Waals surface area contributed by atoms with E-state index in [1.807, 2.05) is 0 Å². The van der Waals surface area contributed by atoms with Crippen LogP contribution in [0.1, 0.15) is 32.5 Å². The average Bonchev–Trinajstić information content (AvgIpc) is 3.44. The Balaban J connectivity index is 1.67. The molecule has 3 aliphatic rings. The van der Waals surface area contributed by atoms with Crippen LogP contribution in [-0.4, -0.2) is 52.9 Å². The first-order valence-electron chi connectivity index (χ1n) is 12.6. The zero-order valence-electron chi connectivity index (χ0n) is 22.0. The number of amides is 2. The van der Waals surface area contributed by atoms with Crippen molar-refractivity contribution in [2.24, 2.45) is 0 Å². The van der Waals surface area contributed by atoms with Gasteiger partial charge in [-0.1, -0.05) is 24.2 Å². The summed E-state index contributed by atoms with van der Waals surface area (Å²) in [7, 11) is 0. The van der Waals surface area contributed by atoms with Crippen molar-refractivity contribution in [3.63, 3.8) is 0 Å². The minimum atomic E-state index is -2.93. The molecule has 6 rings (SSSR count). The van der Waals surface area contributed by atoms with Gasteiger partial charge < -0.3 is 24.3 Å². The predicted octanol–water partition coefficient (Wildman–Crippen LogP) is 2.21. The van der Waals surface area contributed by atoms with Crippen LogP contribution in [0.2, 0.25) is 0 Å². The van der Waals surface area contributed by atoms with E-state index in [9.17, 15) is 11.0 Å². The lowest BCUT2D eigenvalue weighted by Crippen LogP contribution is -2.62. The molecule has 1 aromatic heterocycles. The summed E-state index contributed by atoms with van der Waals surface area (Å²) in [5.74, 6) is -2.02. The van der Waals surface area contributed by atoms with Crippen molar-refractivity contribution in [1.82, 2.24) is 14.8 Å². The highest BCUT2D eigenvalue weighted by molar-refractivity contribution is 5.97. The molecule has 7 nitrogen and oxygen atoms in total. The number of nitrogens with one attached hydrogen (secondary N) is 1. The molecule has 2 aromatic carbocycles. The van der Waals surface area contributed by atoms with Gasteiger partial charge in [-0.3, -0.25) is 9.59 Å². The average molecular weight is 396 g/mol. The van der Waals surface area contributed by atoms with Crippen molar-refractivity contribution in [2.45, 2.75) is 18.5 Å². The molecule has 146 valence electrons. The maximum atomic E-state index is 13.5. The molecule has 0 spiro atoms. The molecule has 0 bridgehead atoms. The summed E-state index contributed by atoms with van der Waals surface area (Å²) in [4.78, 5) is 31.6. The molecule has 7 heteroatoms. The van der Waals surface area contributed by atoms with Gasteiger partial charge in [0.2, 0.25) is 18.6 Å². The van der Waals surface area contributed by atoms with E-state index in [-0.39, 0.29) is 42.4 Å². The maximum absolute atomic E-state index is 13.5. The summed E-state index contributed by atoms with van der Waals surface area (Å²) in [5, 5.41) is 0.667. The summed E-state index contributed by atoms with van der Waals surface area (Å²) in [6.45, 7) is -3.96. The van der Waals surface area contributed by atoms with Gasteiger partial charge >= 0.3 is 0 Å². The Bertz CT molecular complexity index is 1490. The minimum absolute atomic E-state index is 0.0619. The fourth-order valence-electron chi connectivity index (χ4n) is 4.25. The molecular weight excluding hydrogens is 370 g/mol. The predicted molar refractivity (Wildman–Crippen MR) is 105 cm³/mol. The van der Waals surface area contributed by atoms with Gasteiger partial charge in [-0.05, 0) is 29.3 Å². The van der Waals surface area contributed by atoms with Gasteiger partial charge in [0.25, 0.3) is 0 Å². The molecular formula is C22H19N3O4. The van der Waals surface area contributed by atoms with Gasteiger partial charge in [0, 0.05) is 34.1 Å². The number of likely N-dealkylation sites (N-methyl/N-ethyl adjacent to an activating group) is 1. The second-order valence-corrected chi connectivity index (χ2v) is 7.10. The highest BCUT2D eigenvalue weighted by Crippen LogP contribution is 2.44. The lowest BCUT2D eigenvalue weighted by Gasteiger charge is -2.46. The second kappa shape index (κ2) is 5.76. The lowest BCUT2D eigenvalue weighted by molar-refractivity contribution is -0.157. The molecule has 4 heterocycles. The number of carbonyl (C=O) groups is 2. The van der Waals surface area contributed by atoms with E-state index in [0.717, 1.165) is 4.90 Å². The van der Waals surface area contributed by atoms with Crippen LogP contribution in [0.4, 0.5) is 0 Å². The Morgan fingerprint density at radius 1 is 1.24 bits per heavy atom. The van der Waals surface area contributed by atoms with E-state index < -0.39 is 43.4 Å². The van der Waals surface area contributed by atoms with Gasteiger partial charge in [-0.25, -0.2) is 0 Å². The Morgan fingerprint density at radius 3 is 3.00 bits per heavy atom. The zero-order chi connectivity index (χ0) is 25.7. The quantitative estimate of drug-likeness (QED) is 0.684. The number of fused-ring (bicyclic) bond motifs is 5. The van der Waals surface area contributed by atoms with Crippen LogP contribution in [-0.2, 0) is 16.0 Å². The SMILES string of the molecule is [2H]c1c([2H])c(C2c3[nH]c4ccccc4c3C[C@]3([2H])C(=O)N(C([2H])([2H])[2H])CC(=O)N23)c([2H])c2c1OCO2. The zero-order valence-corrected chi connectivity index (χ0v) is 15.0. The van der Waals surface area contributed by atoms with Crippen LogP contribution >= 0.6 is 0 Å². The highest BCUT2D eigenvalue weighted by atomic mass is 16.7. The van der Waals surface area contributed by atoms with E-state index in [1.54, 1.807) is 24.3 Å². The number of ether oxygens (including phenoxy) is 2. The summed E-state index contributed by atoms with van der Waals surface area (Å²) < 4.78 is 69.0. The van der Waals surface area contributed by atoms with E-state index in [1.165, 1.54) is 0 Å². The number of piperazine rings is 1. The number of aromatic amines is 1. The number of benzene rings is 2. The second-order valence-electron chi connectivity index (χ2n) is 7.10. The molecule has 1 fully saturated rings. The minimum Gasteiger partial charge on any atom is -0.454 e. The molecule has 3 aliphatic heterocycles. The van der Waals surface area contributed by atoms with Crippen LogP contribution in [0.25, 0.3) is 10.9 Å². The van der Waals surface area contributed by atoms with Crippen LogP contribution < -0.4 is 9.47 Å². The van der Waals surface area contributed by atoms with Crippen LogP contribution in [0, 0.1) is 0 Å². The topological polar surface area (TPSA) is 74.9 Å². The Labute approximate surface area is 176 Å². The Morgan fingerprint density at radius 2 is 2.10 bits per heavy atom. The summed E-state index contributed by atoms with van der Waals surface area (Å²) in [6, 6.07) is 2.36. The number of rotatable bonds is 1. The van der Waals surface area contributed by atoms with Gasteiger partial charge in [0.05, 0.1) is 18.1 Å². The number of nitrogens with zero attached hydrogens (tertiary/aromatic N) is 2. The highest BCUT2D eigenvalue weighted by Gasteiger charge is 2.47. The molecule has 2 atom stereocenters. The largest absolute Gasteiger partial charge is 0.454 e. The Kier molecular flexibility index (Phi) is 2.17. The number of aromatic nitrogens is 1. The van der Waals surface area contributed by atoms with Gasteiger partial charge in [0.1, 0.15) is 6.02 Å². The molecule has 29 heavy (non-hydrogen) atoms. The van der Waals surface area contributed by atoms with Crippen molar-refractivity contribution in [2.75, 3.05) is 20.3 Å². The monoisotopic (exact) mass is 396 g/mol. The molecule has 0 radical (unpaired) electrons. The Hall–Kier alpha value is -3.48. The lowest BCUT2D eigenvalue weighted by atomic mass is 9.86. The third kappa shape index (κ3) is 2.24. The fraction of sp³-hybridized carbons (Fsp3) is 0.273. The van der Waals surface area contributed by atoms with Crippen molar-refractivity contribution in [3.8, 4) is 11.5 Å². The van der Waals surface area contributed by atoms with Crippen molar-refractivity contribution < 1.29 is 28.7 Å². The van der Waals surface area contributed by atoms with E-state index in [4.69, 9.17) is 17.7 Å². The van der Waals surface area contributed by atoms with Crippen LogP contribution in [0.15, 0.2) is 42.4 Å². The fourth-order valence-corrected chi connectivity index (χ4v) is 4.25. The third-order valence-corrected chi connectivity index (χ3v) is 5.51.